The summed E-state index contributed by atoms with van der Waals surface area (Å²) in [5.41, 5.74) is 4.61. The van der Waals surface area contributed by atoms with E-state index >= 15 is 0 Å². The zero-order valence-electron chi connectivity index (χ0n) is 16.1. The first kappa shape index (κ1) is 19.4. The molecule has 0 bridgehead atoms. The van der Waals surface area contributed by atoms with Gasteiger partial charge in [0.1, 0.15) is 6.29 Å². The molecule has 1 saturated carbocycles. The number of hydrogen-bond donors (Lipinski definition) is 1. The molecular formula is C25H27ClO2. The molecule has 146 valence electrons. The maximum absolute atomic E-state index is 11.9. The Morgan fingerprint density at radius 1 is 0.929 bits per heavy atom. The number of rotatable bonds is 4. The summed E-state index contributed by atoms with van der Waals surface area (Å²) in [5.74, 6) is 1.01. The van der Waals surface area contributed by atoms with E-state index in [9.17, 15) is 9.90 Å². The van der Waals surface area contributed by atoms with Gasteiger partial charge in [-0.05, 0) is 90.7 Å². The molecule has 2 nitrogen and oxygen atoms in total. The molecule has 0 spiro atoms. The molecule has 4 unspecified atom stereocenters. The van der Waals surface area contributed by atoms with Crippen LogP contribution in [0.4, 0.5) is 0 Å². The van der Waals surface area contributed by atoms with Crippen LogP contribution in [0.15, 0.2) is 60.2 Å². The first-order valence-electron chi connectivity index (χ1n) is 10.3. The lowest BCUT2D eigenvalue weighted by atomic mass is 9.63. The van der Waals surface area contributed by atoms with Gasteiger partial charge in [-0.25, -0.2) is 0 Å². The molecular weight excluding hydrogens is 368 g/mol. The third-order valence-electron chi connectivity index (χ3n) is 6.59. The smallest absolute Gasteiger partial charge is 0.146 e. The maximum Gasteiger partial charge on any atom is 0.146 e. The quantitative estimate of drug-likeness (QED) is 0.642. The molecule has 0 aromatic heterocycles. The van der Waals surface area contributed by atoms with Crippen LogP contribution in [0.2, 0.25) is 5.02 Å². The SMILES string of the molecule is O=CC1=C(c2ccccc2)C(C2CC(O)CCC2c2ccc(Cl)cc2)CCC1. The Bertz CT molecular complexity index is 841. The predicted octanol–water partition coefficient (Wildman–Crippen LogP) is 6.04. The van der Waals surface area contributed by atoms with E-state index in [1.807, 2.05) is 30.3 Å². The fourth-order valence-electron chi connectivity index (χ4n) is 5.35. The van der Waals surface area contributed by atoms with Crippen LogP contribution >= 0.6 is 11.6 Å². The molecule has 0 radical (unpaired) electrons. The summed E-state index contributed by atoms with van der Waals surface area (Å²) in [7, 11) is 0. The molecule has 0 heterocycles. The van der Waals surface area contributed by atoms with Crippen LogP contribution in [0.25, 0.3) is 5.57 Å². The summed E-state index contributed by atoms with van der Waals surface area (Å²) >= 11 is 6.11. The fourth-order valence-corrected chi connectivity index (χ4v) is 5.47. The number of aliphatic hydroxyl groups excluding tert-OH is 1. The Hall–Kier alpha value is -1.90. The van der Waals surface area contributed by atoms with Gasteiger partial charge < -0.3 is 5.11 Å². The summed E-state index contributed by atoms with van der Waals surface area (Å²) in [6.07, 6.45) is 6.37. The largest absolute Gasteiger partial charge is 0.393 e. The van der Waals surface area contributed by atoms with Gasteiger partial charge in [-0.2, -0.15) is 0 Å². The van der Waals surface area contributed by atoms with Gasteiger partial charge in [0.25, 0.3) is 0 Å². The number of carbonyl (C=O) groups is 1. The van der Waals surface area contributed by atoms with Crippen LogP contribution in [0, 0.1) is 11.8 Å². The molecule has 1 fully saturated rings. The Morgan fingerprint density at radius 3 is 2.39 bits per heavy atom. The van der Waals surface area contributed by atoms with Gasteiger partial charge in [0, 0.05) is 5.02 Å². The second kappa shape index (κ2) is 8.63. The second-order valence-corrected chi connectivity index (χ2v) is 8.65. The van der Waals surface area contributed by atoms with Gasteiger partial charge in [-0.3, -0.25) is 4.79 Å². The lowest BCUT2D eigenvalue weighted by molar-refractivity contribution is -0.105. The molecule has 2 aromatic carbocycles. The van der Waals surface area contributed by atoms with Crippen LogP contribution in [0.1, 0.15) is 55.6 Å². The Morgan fingerprint density at radius 2 is 1.68 bits per heavy atom. The number of benzene rings is 2. The number of aliphatic hydroxyl groups is 1. The van der Waals surface area contributed by atoms with Crippen LogP contribution < -0.4 is 0 Å². The van der Waals surface area contributed by atoms with Crippen molar-refractivity contribution in [1.29, 1.82) is 0 Å². The van der Waals surface area contributed by atoms with E-state index in [1.165, 1.54) is 11.1 Å². The van der Waals surface area contributed by atoms with Gasteiger partial charge in [0.15, 0.2) is 0 Å². The van der Waals surface area contributed by atoms with Crippen LogP contribution in [-0.4, -0.2) is 17.5 Å². The maximum atomic E-state index is 11.9. The van der Waals surface area contributed by atoms with Crippen molar-refractivity contribution >= 4 is 23.5 Å². The van der Waals surface area contributed by atoms with Crippen molar-refractivity contribution < 1.29 is 9.90 Å². The van der Waals surface area contributed by atoms with Crippen LogP contribution in [0.3, 0.4) is 0 Å². The Kier molecular flexibility index (Phi) is 5.99. The summed E-state index contributed by atoms with van der Waals surface area (Å²) in [6, 6.07) is 18.5. The lowest BCUT2D eigenvalue weighted by Gasteiger charge is -2.42. The minimum absolute atomic E-state index is 0.257. The molecule has 3 heteroatoms. The molecule has 0 amide bonds. The van der Waals surface area contributed by atoms with E-state index < -0.39 is 0 Å². The summed E-state index contributed by atoms with van der Waals surface area (Å²) < 4.78 is 0. The first-order valence-corrected chi connectivity index (χ1v) is 10.7. The van der Waals surface area contributed by atoms with Gasteiger partial charge in [0.05, 0.1) is 6.10 Å². The van der Waals surface area contributed by atoms with E-state index in [-0.39, 0.29) is 6.10 Å². The molecule has 2 aromatic rings. The highest BCUT2D eigenvalue weighted by Crippen LogP contribution is 2.50. The highest BCUT2D eigenvalue weighted by Gasteiger charge is 2.39. The summed E-state index contributed by atoms with van der Waals surface area (Å²) in [6.45, 7) is 0. The van der Waals surface area contributed by atoms with Gasteiger partial charge >= 0.3 is 0 Å². The van der Waals surface area contributed by atoms with Gasteiger partial charge in [-0.15, -0.1) is 0 Å². The predicted molar refractivity (Wildman–Crippen MR) is 114 cm³/mol. The van der Waals surface area contributed by atoms with E-state index in [0.29, 0.717) is 17.8 Å². The fraction of sp³-hybridized carbons (Fsp3) is 0.400. The number of carbonyl (C=O) groups excluding carboxylic acids is 1. The third-order valence-corrected chi connectivity index (χ3v) is 6.84. The highest BCUT2D eigenvalue weighted by atomic mass is 35.5. The van der Waals surface area contributed by atoms with Crippen LogP contribution in [-0.2, 0) is 4.79 Å². The van der Waals surface area contributed by atoms with Crippen molar-refractivity contribution in [2.24, 2.45) is 11.8 Å². The van der Waals surface area contributed by atoms with Crippen molar-refractivity contribution in [2.75, 3.05) is 0 Å². The number of aldehydes is 1. The summed E-state index contributed by atoms with van der Waals surface area (Å²) in [5, 5.41) is 11.2. The molecule has 2 aliphatic rings. The molecule has 28 heavy (non-hydrogen) atoms. The Balaban J connectivity index is 1.76. The monoisotopic (exact) mass is 394 g/mol. The molecule has 2 aliphatic carbocycles. The number of allylic oxidation sites excluding steroid dienone is 2. The molecule has 0 aliphatic heterocycles. The average Bonchev–Trinajstić information content (AvgIpc) is 2.74. The molecule has 4 atom stereocenters. The minimum atomic E-state index is -0.257. The van der Waals surface area contributed by atoms with Crippen molar-refractivity contribution in [3.05, 3.63) is 76.3 Å². The standard InChI is InChI=1S/C25H27ClO2/c26-20-11-9-17(10-12-20)22-14-13-21(28)15-24(22)23-8-4-7-19(16-27)25(23)18-5-2-1-3-6-18/h1-3,5-6,9-12,16,21-24,28H,4,7-8,13-15H2. The zero-order valence-corrected chi connectivity index (χ0v) is 16.8. The van der Waals surface area contributed by atoms with E-state index in [4.69, 9.17) is 11.6 Å². The lowest BCUT2D eigenvalue weighted by Crippen LogP contribution is -2.34. The van der Waals surface area contributed by atoms with Crippen LogP contribution in [0.5, 0.6) is 0 Å². The molecule has 1 N–H and O–H groups in total. The van der Waals surface area contributed by atoms with Gasteiger partial charge in [0.2, 0.25) is 0 Å². The highest BCUT2D eigenvalue weighted by molar-refractivity contribution is 6.30. The van der Waals surface area contributed by atoms with Crippen molar-refractivity contribution in [3.63, 3.8) is 0 Å². The van der Waals surface area contributed by atoms with E-state index in [1.54, 1.807) is 0 Å². The van der Waals surface area contributed by atoms with Gasteiger partial charge in [-0.1, -0.05) is 54.1 Å². The Labute approximate surface area is 172 Å². The first-order chi connectivity index (χ1) is 13.7. The zero-order chi connectivity index (χ0) is 19.5. The third kappa shape index (κ3) is 3.94. The minimum Gasteiger partial charge on any atom is -0.393 e. The summed E-state index contributed by atoms with van der Waals surface area (Å²) in [4.78, 5) is 11.9. The van der Waals surface area contributed by atoms with Crippen molar-refractivity contribution in [2.45, 2.75) is 50.5 Å². The molecule has 4 rings (SSSR count). The number of halogens is 1. The van der Waals surface area contributed by atoms with Crippen molar-refractivity contribution in [1.82, 2.24) is 0 Å². The topological polar surface area (TPSA) is 37.3 Å². The molecule has 0 saturated heterocycles. The average molecular weight is 395 g/mol. The number of hydrogen-bond acceptors (Lipinski definition) is 2. The van der Waals surface area contributed by atoms with Crippen molar-refractivity contribution in [3.8, 4) is 0 Å². The normalized spacial score (nSPS) is 28.2. The second-order valence-electron chi connectivity index (χ2n) is 8.21. The van der Waals surface area contributed by atoms with E-state index in [0.717, 1.165) is 61.0 Å². The van der Waals surface area contributed by atoms with E-state index in [2.05, 4.69) is 24.3 Å².